The molecule has 0 aromatic heterocycles. The van der Waals surface area contributed by atoms with Crippen LogP contribution in [0.5, 0.6) is 11.5 Å². The van der Waals surface area contributed by atoms with E-state index in [-0.39, 0.29) is 11.9 Å². The van der Waals surface area contributed by atoms with E-state index in [1.165, 1.54) is 11.1 Å². The summed E-state index contributed by atoms with van der Waals surface area (Å²) >= 11 is 0. The monoisotopic (exact) mass is 325 g/mol. The first-order chi connectivity index (χ1) is 11.5. The van der Waals surface area contributed by atoms with Crippen LogP contribution in [0.4, 0.5) is 0 Å². The molecule has 1 aliphatic heterocycles. The van der Waals surface area contributed by atoms with Crippen LogP contribution in [0, 0.1) is 6.92 Å². The third-order valence-electron chi connectivity index (χ3n) is 4.67. The standard InChI is InChI=1S/C20H23NO3/c1-13-5-7-15(8-6-13)20-17-12-19(24-4)18(23-3)11-16(17)9-10-21(20)14(2)22/h5-8,11-12,20H,9-10H2,1-4H3. The van der Waals surface area contributed by atoms with E-state index in [0.29, 0.717) is 12.3 Å². The van der Waals surface area contributed by atoms with Gasteiger partial charge in [0.2, 0.25) is 5.91 Å². The van der Waals surface area contributed by atoms with Crippen LogP contribution < -0.4 is 9.47 Å². The minimum Gasteiger partial charge on any atom is -0.493 e. The third-order valence-corrected chi connectivity index (χ3v) is 4.67. The van der Waals surface area contributed by atoms with Crippen molar-refractivity contribution in [3.05, 3.63) is 58.7 Å². The Morgan fingerprint density at radius 2 is 1.71 bits per heavy atom. The molecule has 0 bridgehead atoms. The molecule has 0 N–H and O–H groups in total. The smallest absolute Gasteiger partial charge is 0.220 e. The van der Waals surface area contributed by atoms with Gasteiger partial charge in [0.25, 0.3) is 0 Å². The third kappa shape index (κ3) is 2.84. The topological polar surface area (TPSA) is 38.8 Å². The largest absolute Gasteiger partial charge is 0.493 e. The van der Waals surface area contributed by atoms with Crippen molar-refractivity contribution >= 4 is 5.91 Å². The Hall–Kier alpha value is -2.49. The zero-order chi connectivity index (χ0) is 17.3. The fourth-order valence-corrected chi connectivity index (χ4v) is 3.39. The van der Waals surface area contributed by atoms with E-state index in [0.717, 1.165) is 23.3 Å². The number of fused-ring (bicyclic) bond motifs is 1. The first-order valence-electron chi connectivity index (χ1n) is 8.13. The predicted octanol–water partition coefficient (Wildman–Crippen LogP) is 3.51. The summed E-state index contributed by atoms with van der Waals surface area (Å²) in [6.07, 6.45) is 0.817. The summed E-state index contributed by atoms with van der Waals surface area (Å²) in [6.45, 7) is 4.40. The Labute approximate surface area is 143 Å². The Balaban J connectivity index is 2.16. The summed E-state index contributed by atoms with van der Waals surface area (Å²) < 4.78 is 10.9. The zero-order valence-corrected chi connectivity index (χ0v) is 14.6. The molecule has 0 fully saturated rings. The van der Waals surface area contributed by atoms with Crippen molar-refractivity contribution in [2.24, 2.45) is 0 Å². The van der Waals surface area contributed by atoms with Gasteiger partial charge >= 0.3 is 0 Å². The van der Waals surface area contributed by atoms with Gasteiger partial charge in [-0.2, -0.15) is 0 Å². The van der Waals surface area contributed by atoms with Gasteiger partial charge in [0.05, 0.1) is 20.3 Å². The highest BCUT2D eigenvalue weighted by molar-refractivity contribution is 5.75. The van der Waals surface area contributed by atoms with Crippen LogP contribution in [-0.4, -0.2) is 31.6 Å². The number of hydrogen-bond donors (Lipinski definition) is 0. The van der Waals surface area contributed by atoms with Crippen molar-refractivity contribution in [3.63, 3.8) is 0 Å². The maximum absolute atomic E-state index is 12.2. The number of hydrogen-bond acceptors (Lipinski definition) is 3. The first kappa shape index (κ1) is 16.4. The number of amides is 1. The molecule has 1 amide bonds. The number of methoxy groups -OCH3 is 2. The quantitative estimate of drug-likeness (QED) is 0.867. The molecule has 24 heavy (non-hydrogen) atoms. The highest BCUT2D eigenvalue weighted by Crippen LogP contribution is 2.41. The Bertz CT molecular complexity index is 752. The zero-order valence-electron chi connectivity index (χ0n) is 14.6. The van der Waals surface area contributed by atoms with Gasteiger partial charge in [-0.05, 0) is 42.2 Å². The van der Waals surface area contributed by atoms with Gasteiger partial charge in [0, 0.05) is 13.5 Å². The van der Waals surface area contributed by atoms with Gasteiger partial charge in [-0.3, -0.25) is 4.79 Å². The molecule has 4 nitrogen and oxygen atoms in total. The second-order valence-electron chi connectivity index (χ2n) is 6.18. The average molecular weight is 325 g/mol. The van der Waals surface area contributed by atoms with Crippen molar-refractivity contribution in [2.45, 2.75) is 26.3 Å². The van der Waals surface area contributed by atoms with Crippen LogP contribution in [-0.2, 0) is 11.2 Å². The number of carbonyl (C=O) groups is 1. The minimum absolute atomic E-state index is 0.0843. The van der Waals surface area contributed by atoms with Crippen molar-refractivity contribution in [3.8, 4) is 11.5 Å². The lowest BCUT2D eigenvalue weighted by Crippen LogP contribution is -2.39. The maximum Gasteiger partial charge on any atom is 0.220 e. The van der Waals surface area contributed by atoms with Crippen LogP contribution >= 0.6 is 0 Å². The molecule has 0 spiro atoms. The fraction of sp³-hybridized carbons (Fsp3) is 0.350. The number of benzene rings is 2. The summed E-state index contributed by atoms with van der Waals surface area (Å²) in [5.41, 5.74) is 4.63. The van der Waals surface area contributed by atoms with E-state index in [2.05, 4.69) is 31.2 Å². The molecule has 2 aromatic carbocycles. The summed E-state index contributed by atoms with van der Waals surface area (Å²) in [6, 6.07) is 12.3. The lowest BCUT2D eigenvalue weighted by molar-refractivity contribution is -0.130. The average Bonchev–Trinajstić information content (AvgIpc) is 2.60. The molecule has 4 heteroatoms. The van der Waals surface area contributed by atoms with Gasteiger partial charge in [0.15, 0.2) is 11.5 Å². The van der Waals surface area contributed by atoms with E-state index in [4.69, 9.17) is 9.47 Å². The maximum atomic E-state index is 12.2. The van der Waals surface area contributed by atoms with Gasteiger partial charge in [0.1, 0.15) is 0 Å². The van der Waals surface area contributed by atoms with Crippen molar-refractivity contribution in [1.29, 1.82) is 0 Å². The van der Waals surface area contributed by atoms with Crippen molar-refractivity contribution in [2.75, 3.05) is 20.8 Å². The summed E-state index contributed by atoms with van der Waals surface area (Å²) in [5.74, 6) is 1.51. The molecular formula is C20H23NO3. The second-order valence-corrected chi connectivity index (χ2v) is 6.18. The van der Waals surface area contributed by atoms with Crippen LogP contribution in [0.25, 0.3) is 0 Å². The Morgan fingerprint density at radius 1 is 1.08 bits per heavy atom. The van der Waals surface area contributed by atoms with Crippen LogP contribution in [0.3, 0.4) is 0 Å². The molecule has 0 saturated heterocycles. The molecular weight excluding hydrogens is 302 g/mol. The molecule has 1 aliphatic rings. The number of nitrogens with zero attached hydrogens (tertiary/aromatic N) is 1. The molecule has 3 rings (SSSR count). The normalized spacial score (nSPS) is 16.5. The molecule has 1 heterocycles. The van der Waals surface area contributed by atoms with E-state index in [1.807, 2.05) is 17.0 Å². The molecule has 0 aliphatic carbocycles. The lowest BCUT2D eigenvalue weighted by Gasteiger charge is -2.37. The van der Waals surface area contributed by atoms with E-state index in [9.17, 15) is 4.79 Å². The highest BCUT2D eigenvalue weighted by atomic mass is 16.5. The molecule has 126 valence electrons. The first-order valence-corrected chi connectivity index (χ1v) is 8.13. The van der Waals surface area contributed by atoms with Gasteiger partial charge < -0.3 is 14.4 Å². The van der Waals surface area contributed by atoms with E-state index >= 15 is 0 Å². The van der Waals surface area contributed by atoms with Crippen molar-refractivity contribution < 1.29 is 14.3 Å². The van der Waals surface area contributed by atoms with E-state index in [1.54, 1.807) is 21.1 Å². The minimum atomic E-state index is -0.0911. The molecule has 0 radical (unpaired) electrons. The molecule has 0 saturated carbocycles. The van der Waals surface area contributed by atoms with Crippen LogP contribution in [0.15, 0.2) is 36.4 Å². The fourth-order valence-electron chi connectivity index (χ4n) is 3.39. The highest BCUT2D eigenvalue weighted by Gasteiger charge is 2.31. The number of ether oxygens (including phenoxy) is 2. The summed E-state index contributed by atoms with van der Waals surface area (Å²) in [4.78, 5) is 14.1. The molecule has 1 unspecified atom stereocenters. The van der Waals surface area contributed by atoms with Crippen molar-refractivity contribution in [1.82, 2.24) is 4.90 Å². The predicted molar refractivity (Wildman–Crippen MR) is 93.7 cm³/mol. The van der Waals surface area contributed by atoms with Gasteiger partial charge in [-0.25, -0.2) is 0 Å². The Morgan fingerprint density at radius 3 is 2.29 bits per heavy atom. The second kappa shape index (κ2) is 6.56. The summed E-state index contributed by atoms with van der Waals surface area (Å²) in [7, 11) is 3.28. The lowest BCUT2D eigenvalue weighted by atomic mass is 9.87. The van der Waals surface area contributed by atoms with Gasteiger partial charge in [-0.1, -0.05) is 29.8 Å². The SMILES string of the molecule is COc1cc2c(cc1OC)C(c1ccc(C)cc1)N(C(C)=O)CC2. The number of rotatable bonds is 3. The number of carbonyl (C=O) groups excluding carboxylic acids is 1. The van der Waals surface area contributed by atoms with Gasteiger partial charge in [-0.15, -0.1) is 0 Å². The molecule has 1 atom stereocenters. The Kier molecular flexibility index (Phi) is 4.47. The molecule has 2 aromatic rings. The van der Waals surface area contributed by atoms with Crippen LogP contribution in [0.1, 0.15) is 35.2 Å². The van der Waals surface area contributed by atoms with E-state index < -0.39 is 0 Å². The summed E-state index contributed by atoms with van der Waals surface area (Å²) in [5, 5.41) is 0. The van der Waals surface area contributed by atoms with Crippen LogP contribution in [0.2, 0.25) is 0 Å². The number of aryl methyl sites for hydroxylation is 1.